The van der Waals surface area contributed by atoms with E-state index in [1.807, 2.05) is 6.92 Å². The van der Waals surface area contributed by atoms with Crippen molar-refractivity contribution in [2.75, 3.05) is 11.9 Å². The Hall–Kier alpha value is -1.55. The number of benzene rings is 1. The van der Waals surface area contributed by atoms with Crippen LogP contribution in [0.25, 0.3) is 0 Å². The van der Waals surface area contributed by atoms with Gasteiger partial charge >= 0.3 is 5.97 Å². The van der Waals surface area contributed by atoms with Gasteiger partial charge in [-0.2, -0.15) is 0 Å². The molecule has 2 rings (SSSR count). The van der Waals surface area contributed by atoms with Crippen LogP contribution in [0.15, 0.2) is 18.2 Å². The third-order valence-corrected chi connectivity index (χ3v) is 4.24. The number of hydrogen-bond donors (Lipinski definition) is 1. The Balaban J connectivity index is 1.81. The predicted molar refractivity (Wildman–Crippen MR) is 82.4 cm³/mol. The van der Waals surface area contributed by atoms with Crippen molar-refractivity contribution >= 4 is 29.2 Å². The zero-order chi connectivity index (χ0) is 15.2. The standard InChI is InChI=1S/C16H20ClNO3/c1-11-13(17)8-5-9-14(11)18-15(19)10-21-16(20)12-6-3-2-4-7-12/h5,8-9,12H,2-4,6-7,10H2,1H3,(H,18,19). The van der Waals surface area contributed by atoms with E-state index in [2.05, 4.69) is 5.32 Å². The number of rotatable bonds is 4. The minimum absolute atomic E-state index is 0.0422. The summed E-state index contributed by atoms with van der Waals surface area (Å²) in [6.07, 6.45) is 5.04. The molecule has 4 nitrogen and oxygen atoms in total. The second-order valence-electron chi connectivity index (χ2n) is 5.40. The van der Waals surface area contributed by atoms with Crippen molar-refractivity contribution in [2.24, 2.45) is 5.92 Å². The second kappa shape index (κ2) is 7.46. The largest absolute Gasteiger partial charge is 0.455 e. The lowest BCUT2D eigenvalue weighted by atomic mass is 9.89. The number of halogens is 1. The number of hydrogen-bond acceptors (Lipinski definition) is 3. The van der Waals surface area contributed by atoms with Crippen LogP contribution in [-0.4, -0.2) is 18.5 Å². The van der Waals surface area contributed by atoms with Crippen molar-refractivity contribution < 1.29 is 14.3 Å². The van der Waals surface area contributed by atoms with Gasteiger partial charge in [-0.25, -0.2) is 0 Å². The summed E-state index contributed by atoms with van der Waals surface area (Å²) < 4.78 is 5.10. The Bertz CT molecular complexity index is 524. The summed E-state index contributed by atoms with van der Waals surface area (Å²) in [5.41, 5.74) is 1.44. The Labute approximate surface area is 129 Å². The van der Waals surface area contributed by atoms with Crippen LogP contribution in [0.1, 0.15) is 37.7 Å². The van der Waals surface area contributed by atoms with Gasteiger partial charge in [-0.05, 0) is 37.5 Å². The normalized spacial score (nSPS) is 15.5. The zero-order valence-corrected chi connectivity index (χ0v) is 12.9. The van der Waals surface area contributed by atoms with Gasteiger partial charge in [-0.15, -0.1) is 0 Å². The SMILES string of the molecule is Cc1c(Cl)cccc1NC(=O)COC(=O)C1CCCCC1. The first-order valence-electron chi connectivity index (χ1n) is 7.29. The average Bonchev–Trinajstić information content (AvgIpc) is 2.50. The van der Waals surface area contributed by atoms with Crippen LogP contribution < -0.4 is 5.32 Å². The minimum Gasteiger partial charge on any atom is -0.455 e. The lowest BCUT2D eigenvalue weighted by Gasteiger charge is -2.19. The summed E-state index contributed by atoms with van der Waals surface area (Å²) >= 11 is 5.99. The Kier molecular flexibility index (Phi) is 5.62. The Morgan fingerprint density at radius 2 is 2.00 bits per heavy atom. The number of carbonyl (C=O) groups excluding carboxylic acids is 2. The number of esters is 1. The van der Waals surface area contributed by atoms with Crippen molar-refractivity contribution in [3.05, 3.63) is 28.8 Å². The second-order valence-corrected chi connectivity index (χ2v) is 5.81. The van der Waals surface area contributed by atoms with E-state index < -0.39 is 0 Å². The molecule has 1 aliphatic rings. The van der Waals surface area contributed by atoms with Crippen molar-refractivity contribution in [1.82, 2.24) is 0 Å². The van der Waals surface area contributed by atoms with E-state index in [0.29, 0.717) is 10.7 Å². The molecular formula is C16H20ClNO3. The Morgan fingerprint density at radius 3 is 2.71 bits per heavy atom. The van der Waals surface area contributed by atoms with E-state index >= 15 is 0 Å². The van der Waals surface area contributed by atoms with Gasteiger partial charge in [0.25, 0.3) is 5.91 Å². The molecule has 1 aliphatic carbocycles. The van der Waals surface area contributed by atoms with Gasteiger partial charge < -0.3 is 10.1 Å². The molecule has 0 aliphatic heterocycles. The predicted octanol–water partition coefficient (Wildman–Crippen LogP) is 3.71. The van der Waals surface area contributed by atoms with E-state index in [1.165, 1.54) is 6.42 Å². The van der Waals surface area contributed by atoms with Crippen LogP contribution in [0.2, 0.25) is 5.02 Å². The van der Waals surface area contributed by atoms with E-state index in [4.69, 9.17) is 16.3 Å². The van der Waals surface area contributed by atoms with E-state index in [9.17, 15) is 9.59 Å². The summed E-state index contributed by atoms with van der Waals surface area (Å²) in [5, 5.41) is 3.30. The first kappa shape index (κ1) is 15.8. The fourth-order valence-corrected chi connectivity index (χ4v) is 2.70. The fraction of sp³-hybridized carbons (Fsp3) is 0.500. The Morgan fingerprint density at radius 1 is 1.29 bits per heavy atom. The lowest BCUT2D eigenvalue weighted by Crippen LogP contribution is -2.26. The topological polar surface area (TPSA) is 55.4 Å². The highest BCUT2D eigenvalue weighted by Gasteiger charge is 2.23. The summed E-state index contributed by atoms with van der Waals surface area (Å²) in [4.78, 5) is 23.7. The van der Waals surface area contributed by atoms with Gasteiger partial charge in [0.1, 0.15) is 0 Å². The minimum atomic E-state index is -0.343. The number of carbonyl (C=O) groups is 2. The van der Waals surface area contributed by atoms with Crippen LogP contribution in [0.3, 0.4) is 0 Å². The third kappa shape index (κ3) is 4.46. The highest BCUT2D eigenvalue weighted by molar-refractivity contribution is 6.31. The van der Waals surface area contributed by atoms with Crippen LogP contribution in [0.5, 0.6) is 0 Å². The van der Waals surface area contributed by atoms with E-state index in [1.54, 1.807) is 18.2 Å². The van der Waals surface area contributed by atoms with Crippen molar-refractivity contribution in [3.63, 3.8) is 0 Å². The van der Waals surface area contributed by atoms with Crippen molar-refractivity contribution in [2.45, 2.75) is 39.0 Å². The van der Waals surface area contributed by atoms with Gasteiger partial charge in [-0.3, -0.25) is 9.59 Å². The smallest absolute Gasteiger partial charge is 0.309 e. The molecule has 1 N–H and O–H groups in total. The van der Waals surface area contributed by atoms with Gasteiger partial charge in [0.05, 0.1) is 5.92 Å². The maximum atomic E-state index is 11.9. The first-order chi connectivity index (χ1) is 10.1. The van der Waals surface area contributed by atoms with Gasteiger partial charge in [-0.1, -0.05) is 36.9 Å². The van der Waals surface area contributed by atoms with Crippen LogP contribution in [0, 0.1) is 12.8 Å². The van der Waals surface area contributed by atoms with Crippen LogP contribution in [-0.2, 0) is 14.3 Å². The number of amides is 1. The molecule has 0 heterocycles. The van der Waals surface area contributed by atoms with Crippen molar-refractivity contribution in [3.8, 4) is 0 Å². The molecule has 0 radical (unpaired) electrons. The van der Waals surface area contributed by atoms with Gasteiger partial charge in [0.2, 0.25) is 0 Å². The molecule has 0 aromatic heterocycles. The quantitative estimate of drug-likeness (QED) is 0.863. The maximum Gasteiger partial charge on any atom is 0.309 e. The zero-order valence-electron chi connectivity index (χ0n) is 12.2. The number of anilines is 1. The fourth-order valence-electron chi connectivity index (χ4n) is 2.52. The molecule has 0 spiro atoms. The number of ether oxygens (including phenoxy) is 1. The molecule has 1 amide bonds. The average molecular weight is 310 g/mol. The van der Waals surface area contributed by atoms with Crippen LogP contribution in [0.4, 0.5) is 5.69 Å². The van der Waals surface area contributed by atoms with Crippen molar-refractivity contribution in [1.29, 1.82) is 0 Å². The molecule has 1 fully saturated rings. The molecule has 0 bridgehead atoms. The summed E-state index contributed by atoms with van der Waals surface area (Å²) in [7, 11) is 0. The molecule has 0 atom stereocenters. The monoisotopic (exact) mass is 309 g/mol. The molecule has 1 aromatic rings. The highest BCUT2D eigenvalue weighted by Crippen LogP contribution is 2.25. The summed E-state index contributed by atoms with van der Waals surface area (Å²) in [5.74, 6) is -0.642. The highest BCUT2D eigenvalue weighted by atomic mass is 35.5. The van der Waals surface area contributed by atoms with Gasteiger partial charge in [0.15, 0.2) is 6.61 Å². The summed E-state index contributed by atoms with van der Waals surface area (Å²) in [6.45, 7) is 1.58. The maximum absolute atomic E-state index is 11.9. The molecule has 114 valence electrons. The van der Waals surface area contributed by atoms with Gasteiger partial charge in [0, 0.05) is 10.7 Å². The third-order valence-electron chi connectivity index (χ3n) is 3.83. The molecular weight excluding hydrogens is 290 g/mol. The molecule has 1 aromatic carbocycles. The molecule has 5 heteroatoms. The number of nitrogens with one attached hydrogen (secondary N) is 1. The van der Waals surface area contributed by atoms with Crippen LogP contribution >= 0.6 is 11.6 Å². The first-order valence-corrected chi connectivity index (χ1v) is 7.67. The molecule has 0 unspecified atom stereocenters. The molecule has 1 saturated carbocycles. The molecule has 21 heavy (non-hydrogen) atoms. The summed E-state index contributed by atoms with van der Waals surface area (Å²) in [6, 6.07) is 5.29. The lowest BCUT2D eigenvalue weighted by molar-refractivity contribution is -0.152. The van der Waals surface area contributed by atoms with E-state index in [0.717, 1.165) is 31.2 Å². The van der Waals surface area contributed by atoms with E-state index in [-0.39, 0.29) is 24.4 Å². The molecule has 0 saturated heterocycles.